The van der Waals surface area contributed by atoms with Crippen LogP contribution in [0.25, 0.3) is 0 Å². The second-order valence-electron chi connectivity index (χ2n) is 4.58. The van der Waals surface area contributed by atoms with Crippen molar-refractivity contribution in [2.75, 3.05) is 7.05 Å². The highest BCUT2D eigenvalue weighted by Gasteiger charge is 2.20. The van der Waals surface area contributed by atoms with Crippen molar-refractivity contribution in [1.82, 2.24) is 15.1 Å². The summed E-state index contributed by atoms with van der Waals surface area (Å²) < 4.78 is 1.95. The summed E-state index contributed by atoms with van der Waals surface area (Å²) in [4.78, 5) is 0. The van der Waals surface area contributed by atoms with E-state index in [1.54, 1.807) is 0 Å². The molecule has 2 rings (SSSR count). The number of nitrogens with zero attached hydrogens (tertiary/aromatic N) is 2. The van der Waals surface area contributed by atoms with E-state index in [4.69, 9.17) is 0 Å². The lowest BCUT2D eigenvalue weighted by atomic mass is 9.85. The molecule has 1 fully saturated rings. The molecule has 3 nitrogen and oxygen atoms in total. The van der Waals surface area contributed by atoms with Crippen LogP contribution in [0.1, 0.15) is 49.3 Å². The van der Waals surface area contributed by atoms with Gasteiger partial charge in [-0.05, 0) is 19.9 Å². The number of nitrogens with one attached hydrogen (secondary N) is 1. The molecule has 1 aromatic heterocycles. The lowest BCUT2D eigenvalue weighted by Crippen LogP contribution is -2.11. The van der Waals surface area contributed by atoms with Crippen molar-refractivity contribution in [3.8, 4) is 0 Å². The molecular formula is C12H21N3. The molecule has 3 heteroatoms. The summed E-state index contributed by atoms with van der Waals surface area (Å²) >= 11 is 0. The first-order chi connectivity index (χ1) is 7.31. The summed E-state index contributed by atoms with van der Waals surface area (Å²) in [7, 11) is 4.02. The number of hydrogen-bond acceptors (Lipinski definition) is 2. The van der Waals surface area contributed by atoms with Crippen LogP contribution in [-0.2, 0) is 13.6 Å². The van der Waals surface area contributed by atoms with Crippen molar-refractivity contribution in [3.05, 3.63) is 17.5 Å². The van der Waals surface area contributed by atoms with Gasteiger partial charge in [0.1, 0.15) is 0 Å². The summed E-state index contributed by atoms with van der Waals surface area (Å²) in [5, 5.41) is 7.85. The largest absolute Gasteiger partial charge is 0.316 e. The highest BCUT2D eigenvalue weighted by molar-refractivity contribution is 5.21. The standard InChI is InChI=1S/C12H21N3/c1-13-8-11-9-15(2)14-12(11)10-6-4-3-5-7-10/h9-10,13H,3-8H2,1-2H3. The average Bonchev–Trinajstić information content (AvgIpc) is 2.62. The van der Waals surface area contributed by atoms with Gasteiger partial charge in [-0.3, -0.25) is 4.68 Å². The molecule has 15 heavy (non-hydrogen) atoms. The Bertz CT molecular complexity index is 311. The summed E-state index contributed by atoms with van der Waals surface area (Å²) in [6.07, 6.45) is 8.97. The third kappa shape index (κ3) is 2.40. The normalized spacial score (nSPS) is 18.3. The van der Waals surface area contributed by atoms with Gasteiger partial charge in [0, 0.05) is 31.3 Å². The van der Waals surface area contributed by atoms with E-state index in [1.807, 2.05) is 18.8 Å². The minimum absolute atomic E-state index is 0.711. The number of aryl methyl sites for hydroxylation is 1. The Morgan fingerprint density at radius 2 is 2.13 bits per heavy atom. The van der Waals surface area contributed by atoms with Crippen LogP contribution in [0.5, 0.6) is 0 Å². The molecule has 0 radical (unpaired) electrons. The fraction of sp³-hybridized carbons (Fsp3) is 0.750. The minimum atomic E-state index is 0.711. The first kappa shape index (κ1) is 10.7. The van der Waals surface area contributed by atoms with Gasteiger partial charge in [-0.2, -0.15) is 5.10 Å². The molecule has 0 saturated heterocycles. The summed E-state index contributed by atoms with van der Waals surface area (Å²) in [5.41, 5.74) is 2.72. The zero-order valence-electron chi connectivity index (χ0n) is 9.79. The average molecular weight is 207 g/mol. The summed E-state index contributed by atoms with van der Waals surface area (Å²) in [5.74, 6) is 0.711. The highest BCUT2D eigenvalue weighted by Crippen LogP contribution is 2.33. The van der Waals surface area contributed by atoms with Crippen LogP contribution >= 0.6 is 0 Å². The predicted molar refractivity (Wildman–Crippen MR) is 61.8 cm³/mol. The monoisotopic (exact) mass is 207 g/mol. The van der Waals surface area contributed by atoms with Gasteiger partial charge < -0.3 is 5.32 Å². The van der Waals surface area contributed by atoms with Gasteiger partial charge >= 0.3 is 0 Å². The zero-order valence-corrected chi connectivity index (χ0v) is 9.79. The second-order valence-corrected chi connectivity index (χ2v) is 4.58. The Morgan fingerprint density at radius 1 is 1.40 bits per heavy atom. The summed E-state index contributed by atoms with van der Waals surface area (Å²) in [6, 6.07) is 0. The maximum Gasteiger partial charge on any atom is 0.0700 e. The van der Waals surface area contributed by atoms with E-state index in [-0.39, 0.29) is 0 Å². The quantitative estimate of drug-likeness (QED) is 0.823. The molecule has 0 spiro atoms. The Labute approximate surface area is 91.9 Å². The first-order valence-electron chi connectivity index (χ1n) is 5.98. The molecule has 1 heterocycles. The molecule has 0 unspecified atom stereocenters. The van der Waals surface area contributed by atoms with Gasteiger partial charge in [0.2, 0.25) is 0 Å². The smallest absolute Gasteiger partial charge is 0.0700 e. The molecule has 0 bridgehead atoms. The van der Waals surface area contributed by atoms with Crippen LogP contribution in [0.2, 0.25) is 0 Å². The SMILES string of the molecule is CNCc1cn(C)nc1C1CCCCC1. The van der Waals surface area contributed by atoms with Crippen molar-refractivity contribution < 1.29 is 0 Å². The van der Waals surface area contributed by atoms with Crippen molar-refractivity contribution in [3.63, 3.8) is 0 Å². The third-order valence-corrected chi connectivity index (χ3v) is 3.30. The molecule has 1 aromatic rings. The van der Waals surface area contributed by atoms with Crippen LogP contribution in [0.4, 0.5) is 0 Å². The molecule has 1 aliphatic rings. The molecule has 0 aromatic carbocycles. The first-order valence-corrected chi connectivity index (χ1v) is 5.98. The Balaban J connectivity index is 2.17. The van der Waals surface area contributed by atoms with Gasteiger partial charge in [-0.25, -0.2) is 0 Å². The predicted octanol–water partition coefficient (Wildman–Crippen LogP) is 2.19. The van der Waals surface area contributed by atoms with Gasteiger partial charge in [0.05, 0.1) is 5.69 Å². The van der Waals surface area contributed by atoms with Crippen LogP contribution in [0.3, 0.4) is 0 Å². The fourth-order valence-corrected chi connectivity index (χ4v) is 2.60. The van der Waals surface area contributed by atoms with Crippen LogP contribution < -0.4 is 5.32 Å². The summed E-state index contributed by atoms with van der Waals surface area (Å²) in [6.45, 7) is 0.944. The molecule has 84 valence electrons. The van der Waals surface area contributed by atoms with Crippen molar-refractivity contribution in [2.45, 2.75) is 44.6 Å². The highest BCUT2D eigenvalue weighted by atomic mass is 15.3. The Kier molecular flexibility index (Phi) is 3.41. The van der Waals surface area contributed by atoms with Crippen LogP contribution in [-0.4, -0.2) is 16.8 Å². The van der Waals surface area contributed by atoms with E-state index in [2.05, 4.69) is 16.6 Å². The maximum atomic E-state index is 4.63. The number of aromatic nitrogens is 2. The topological polar surface area (TPSA) is 29.9 Å². The molecular weight excluding hydrogens is 186 g/mol. The van der Waals surface area contributed by atoms with Crippen LogP contribution in [0, 0.1) is 0 Å². The zero-order chi connectivity index (χ0) is 10.7. The molecule has 0 aliphatic heterocycles. The second kappa shape index (κ2) is 4.79. The molecule has 1 N–H and O–H groups in total. The fourth-order valence-electron chi connectivity index (χ4n) is 2.60. The number of rotatable bonds is 3. The van der Waals surface area contributed by atoms with Gasteiger partial charge in [-0.15, -0.1) is 0 Å². The molecule has 1 aliphatic carbocycles. The van der Waals surface area contributed by atoms with Crippen molar-refractivity contribution in [2.24, 2.45) is 7.05 Å². The Hall–Kier alpha value is -0.830. The van der Waals surface area contributed by atoms with E-state index < -0.39 is 0 Å². The van der Waals surface area contributed by atoms with E-state index in [0.717, 1.165) is 6.54 Å². The minimum Gasteiger partial charge on any atom is -0.316 e. The van der Waals surface area contributed by atoms with E-state index in [9.17, 15) is 0 Å². The van der Waals surface area contributed by atoms with Gasteiger partial charge in [0.15, 0.2) is 0 Å². The van der Waals surface area contributed by atoms with Crippen molar-refractivity contribution >= 4 is 0 Å². The molecule has 0 amide bonds. The Morgan fingerprint density at radius 3 is 2.80 bits per heavy atom. The number of hydrogen-bond donors (Lipinski definition) is 1. The third-order valence-electron chi connectivity index (χ3n) is 3.30. The van der Waals surface area contributed by atoms with E-state index in [1.165, 1.54) is 43.4 Å². The van der Waals surface area contributed by atoms with E-state index in [0.29, 0.717) is 5.92 Å². The van der Waals surface area contributed by atoms with Crippen LogP contribution in [0.15, 0.2) is 6.20 Å². The maximum absolute atomic E-state index is 4.63. The lowest BCUT2D eigenvalue weighted by Gasteiger charge is -2.20. The molecule has 0 atom stereocenters. The molecule has 1 saturated carbocycles. The lowest BCUT2D eigenvalue weighted by molar-refractivity contribution is 0.431. The van der Waals surface area contributed by atoms with Gasteiger partial charge in [-0.1, -0.05) is 19.3 Å². The van der Waals surface area contributed by atoms with E-state index >= 15 is 0 Å². The van der Waals surface area contributed by atoms with Crippen molar-refractivity contribution in [1.29, 1.82) is 0 Å². The van der Waals surface area contributed by atoms with Gasteiger partial charge in [0.25, 0.3) is 0 Å².